The molecule has 2 N–H and O–H groups in total. The van der Waals surface area contributed by atoms with Crippen molar-refractivity contribution < 1.29 is 19.1 Å². The molecule has 29 heavy (non-hydrogen) atoms. The van der Waals surface area contributed by atoms with E-state index in [1.807, 2.05) is 54.6 Å². The summed E-state index contributed by atoms with van der Waals surface area (Å²) in [7, 11) is 0. The van der Waals surface area contributed by atoms with Gasteiger partial charge in [-0.1, -0.05) is 42.5 Å². The Morgan fingerprint density at radius 1 is 0.966 bits per heavy atom. The lowest BCUT2D eigenvalue weighted by Crippen LogP contribution is -2.43. The lowest BCUT2D eigenvalue weighted by Gasteiger charge is -2.37. The van der Waals surface area contributed by atoms with Crippen LogP contribution in [0.3, 0.4) is 0 Å². The van der Waals surface area contributed by atoms with Gasteiger partial charge in [0.25, 0.3) is 5.91 Å². The highest BCUT2D eigenvalue weighted by atomic mass is 16.5. The highest BCUT2D eigenvalue weighted by Crippen LogP contribution is 2.39. The van der Waals surface area contributed by atoms with Gasteiger partial charge >= 0.3 is 0 Å². The zero-order valence-corrected chi connectivity index (χ0v) is 15.7. The van der Waals surface area contributed by atoms with Crippen molar-refractivity contribution in [1.82, 2.24) is 0 Å². The summed E-state index contributed by atoms with van der Waals surface area (Å²) in [5, 5.41) is 0. The van der Waals surface area contributed by atoms with Gasteiger partial charge in [0.15, 0.2) is 6.61 Å². The van der Waals surface area contributed by atoms with Crippen molar-refractivity contribution in [2.45, 2.75) is 6.04 Å². The molecular weight excluding hydrogens is 368 g/mol. The van der Waals surface area contributed by atoms with Crippen molar-refractivity contribution in [2.75, 3.05) is 18.1 Å². The minimum atomic E-state index is -0.511. The smallest absolute Gasteiger partial charge is 0.265 e. The van der Waals surface area contributed by atoms with Crippen LogP contribution in [0.1, 0.15) is 22.0 Å². The third kappa shape index (κ3) is 3.91. The number of para-hydroxylation sites is 2. The fourth-order valence-electron chi connectivity index (χ4n) is 3.35. The minimum absolute atomic E-state index is 0.145. The standard InChI is InChI=1S/C23H20N2O4/c24-23(27)17-10-12-18(13-11-17)28-15-22(26)25-19-8-4-5-9-21(19)29-14-20(25)16-6-2-1-3-7-16/h1-13,20H,14-15H2,(H2,24,27)/t20-/m0/s1. The number of hydrogen-bond donors (Lipinski definition) is 1. The average Bonchev–Trinajstić information content (AvgIpc) is 2.77. The van der Waals surface area contributed by atoms with Crippen LogP contribution in [0, 0.1) is 0 Å². The quantitative estimate of drug-likeness (QED) is 0.727. The molecule has 0 fully saturated rings. The van der Waals surface area contributed by atoms with E-state index in [0.29, 0.717) is 29.4 Å². The zero-order chi connectivity index (χ0) is 20.2. The van der Waals surface area contributed by atoms with Crippen molar-refractivity contribution in [3.63, 3.8) is 0 Å². The average molecular weight is 388 g/mol. The fourth-order valence-corrected chi connectivity index (χ4v) is 3.35. The van der Waals surface area contributed by atoms with Gasteiger partial charge in [-0.2, -0.15) is 0 Å². The predicted octanol–water partition coefficient (Wildman–Crippen LogP) is 3.33. The second-order valence-corrected chi connectivity index (χ2v) is 6.65. The Balaban J connectivity index is 1.57. The Morgan fingerprint density at radius 3 is 2.38 bits per heavy atom. The first kappa shape index (κ1) is 18.6. The van der Waals surface area contributed by atoms with Gasteiger partial charge in [0.1, 0.15) is 18.1 Å². The van der Waals surface area contributed by atoms with Gasteiger partial charge in [-0.3, -0.25) is 14.5 Å². The van der Waals surface area contributed by atoms with E-state index in [0.717, 1.165) is 5.56 Å². The number of hydrogen-bond acceptors (Lipinski definition) is 4. The molecular formula is C23H20N2O4. The number of rotatable bonds is 5. The highest BCUT2D eigenvalue weighted by Gasteiger charge is 2.33. The van der Waals surface area contributed by atoms with E-state index >= 15 is 0 Å². The number of carbonyl (C=O) groups excluding carboxylic acids is 2. The predicted molar refractivity (Wildman–Crippen MR) is 109 cm³/mol. The number of fused-ring (bicyclic) bond motifs is 1. The first-order valence-electron chi connectivity index (χ1n) is 9.25. The van der Waals surface area contributed by atoms with Crippen LogP contribution >= 0.6 is 0 Å². The van der Waals surface area contributed by atoms with Crippen LogP contribution in [0.4, 0.5) is 5.69 Å². The van der Waals surface area contributed by atoms with Crippen LogP contribution in [-0.4, -0.2) is 25.0 Å². The topological polar surface area (TPSA) is 81.9 Å². The van der Waals surface area contributed by atoms with E-state index in [1.54, 1.807) is 29.2 Å². The van der Waals surface area contributed by atoms with Gasteiger partial charge in [-0.25, -0.2) is 0 Å². The molecule has 0 aliphatic carbocycles. The lowest BCUT2D eigenvalue weighted by molar-refractivity contribution is -0.121. The summed E-state index contributed by atoms with van der Waals surface area (Å²) in [5.74, 6) is 0.455. The summed E-state index contributed by atoms with van der Waals surface area (Å²) < 4.78 is 11.6. The number of anilines is 1. The third-order valence-electron chi connectivity index (χ3n) is 4.79. The Bertz CT molecular complexity index is 1020. The summed E-state index contributed by atoms with van der Waals surface area (Å²) in [6.07, 6.45) is 0. The second-order valence-electron chi connectivity index (χ2n) is 6.65. The molecule has 4 rings (SSSR count). The van der Waals surface area contributed by atoms with Crippen LogP contribution < -0.4 is 20.1 Å². The van der Waals surface area contributed by atoms with Crippen LogP contribution in [0.15, 0.2) is 78.9 Å². The number of nitrogens with zero attached hydrogens (tertiary/aromatic N) is 1. The molecule has 0 unspecified atom stereocenters. The van der Waals surface area contributed by atoms with E-state index in [9.17, 15) is 9.59 Å². The second kappa shape index (κ2) is 8.06. The van der Waals surface area contributed by atoms with Gasteiger partial charge in [0.05, 0.1) is 11.7 Å². The van der Waals surface area contributed by atoms with Gasteiger partial charge < -0.3 is 15.2 Å². The Kier molecular flexibility index (Phi) is 5.16. The zero-order valence-electron chi connectivity index (χ0n) is 15.7. The molecule has 6 nitrogen and oxygen atoms in total. The molecule has 3 aromatic carbocycles. The Labute approximate surface area is 168 Å². The molecule has 1 atom stereocenters. The molecule has 3 aromatic rings. The van der Waals surface area contributed by atoms with E-state index < -0.39 is 5.91 Å². The van der Waals surface area contributed by atoms with Gasteiger partial charge in [-0.05, 0) is 42.0 Å². The molecule has 1 heterocycles. The van der Waals surface area contributed by atoms with Crippen LogP contribution in [0.25, 0.3) is 0 Å². The SMILES string of the molecule is NC(=O)c1ccc(OCC(=O)N2c3ccccc3OC[C@H]2c2ccccc2)cc1. The Hall–Kier alpha value is -3.80. The molecule has 6 heteroatoms. The number of ether oxygens (including phenoxy) is 2. The number of amides is 2. The molecule has 146 valence electrons. The third-order valence-corrected chi connectivity index (χ3v) is 4.79. The molecule has 0 spiro atoms. The van der Waals surface area contributed by atoms with Gasteiger partial charge in [0.2, 0.25) is 5.91 Å². The summed E-state index contributed by atoms with van der Waals surface area (Å²) in [4.78, 5) is 26.1. The molecule has 1 aliphatic rings. The van der Waals surface area contributed by atoms with Crippen LogP contribution in [0.2, 0.25) is 0 Å². The van der Waals surface area contributed by atoms with Crippen LogP contribution in [-0.2, 0) is 4.79 Å². The summed E-state index contributed by atoms with van der Waals surface area (Å²) in [6, 6.07) is 23.4. The summed E-state index contributed by atoms with van der Waals surface area (Å²) in [6.45, 7) is 0.216. The maximum Gasteiger partial charge on any atom is 0.265 e. The highest BCUT2D eigenvalue weighted by molar-refractivity contribution is 5.97. The molecule has 1 aliphatic heterocycles. The maximum atomic E-state index is 13.2. The number of carbonyl (C=O) groups is 2. The molecule has 0 radical (unpaired) electrons. The lowest BCUT2D eigenvalue weighted by atomic mass is 10.0. The molecule has 0 bridgehead atoms. The van der Waals surface area contributed by atoms with Crippen molar-refractivity contribution in [1.29, 1.82) is 0 Å². The van der Waals surface area contributed by atoms with E-state index in [2.05, 4.69) is 0 Å². The number of primary amides is 1. The fraction of sp³-hybridized carbons (Fsp3) is 0.130. The number of nitrogens with two attached hydrogens (primary N) is 1. The van der Waals surface area contributed by atoms with E-state index in [1.165, 1.54) is 0 Å². The first-order valence-corrected chi connectivity index (χ1v) is 9.25. The largest absolute Gasteiger partial charge is 0.489 e. The van der Waals surface area contributed by atoms with Crippen molar-refractivity contribution >= 4 is 17.5 Å². The van der Waals surface area contributed by atoms with E-state index in [-0.39, 0.29) is 18.6 Å². The first-order chi connectivity index (χ1) is 14.1. The summed E-state index contributed by atoms with van der Waals surface area (Å²) >= 11 is 0. The number of benzene rings is 3. The molecule has 2 amide bonds. The molecule has 0 saturated carbocycles. The molecule has 0 saturated heterocycles. The summed E-state index contributed by atoms with van der Waals surface area (Å²) in [5.41, 5.74) is 7.33. The van der Waals surface area contributed by atoms with Crippen molar-refractivity contribution in [3.8, 4) is 11.5 Å². The minimum Gasteiger partial charge on any atom is -0.489 e. The normalized spacial score (nSPS) is 15.2. The monoisotopic (exact) mass is 388 g/mol. The van der Waals surface area contributed by atoms with Crippen molar-refractivity contribution in [2.24, 2.45) is 5.73 Å². The van der Waals surface area contributed by atoms with Crippen LogP contribution in [0.5, 0.6) is 11.5 Å². The molecule has 0 aromatic heterocycles. The van der Waals surface area contributed by atoms with Crippen molar-refractivity contribution in [3.05, 3.63) is 90.0 Å². The van der Waals surface area contributed by atoms with Gasteiger partial charge in [0, 0.05) is 5.56 Å². The Morgan fingerprint density at radius 2 is 1.66 bits per heavy atom. The van der Waals surface area contributed by atoms with Gasteiger partial charge in [-0.15, -0.1) is 0 Å². The maximum absolute atomic E-state index is 13.2. The van der Waals surface area contributed by atoms with E-state index in [4.69, 9.17) is 15.2 Å².